The lowest BCUT2D eigenvalue weighted by molar-refractivity contribution is 0.415. The molecule has 2 heteroatoms. The van der Waals surface area contributed by atoms with E-state index in [4.69, 9.17) is 5.73 Å². The Morgan fingerprint density at radius 3 is 3.00 bits per heavy atom. The second-order valence-corrected chi connectivity index (χ2v) is 5.00. The Kier molecular flexibility index (Phi) is 2.60. The lowest BCUT2D eigenvalue weighted by Gasteiger charge is -2.34. The smallest absolute Gasteiger partial charge is 0.0405 e. The van der Waals surface area contributed by atoms with Gasteiger partial charge in [0.1, 0.15) is 0 Å². The molecule has 86 valence electrons. The molecule has 1 aromatic rings. The molecule has 2 nitrogen and oxygen atoms in total. The van der Waals surface area contributed by atoms with Crippen LogP contribution in [0.3, 0.4) is 0 Å². The van der Waals surface area contributed by atoms with Crippen LogP contribution in [0.2, 0.25) is 0 Å². The molecule has 2 aliphatic heterocycles. The van der Waals surface area contributed by atoms with Gasteiger partial charge in [0.05, 0.1) is 0 Å². The average molecular weight is 216 g/mol. The zero-order valence-electron chi connectivity index (χ0n) is 9.73. The molecule has 0 spiro atoms. The van der Waals surface area contributed by atoms with Crippen molar-refractivity contribution in [1.82, 2.24) is 0 Å². The van der Waals surface area contributed by atoms with Crippen molar-refractivity contribution < 1.29 is 0 Å². The van der Waals surface area contributed by atoms with E-state index in [1.807, 2.05) is 0 Å². The number of benzene rings is 1. The van der Waals surface area contributed by atoms with Gasteiger partial charge in [-0.15, -0.1) is 0 Å². The van der Waals surface area contributed by atoms with Gasteiger partial charge in [-0.25, -0.2) is 0 Å². The van der Waals surface area contributed by atoms with E-state index in [1.54, 1.807) is 5.56 Å². The Morgan fingerprint density at radius 2 is 2.12 bits per heavy atom. The zero-order chi connectivity index (χ0) is 11.0. The van der Waals surface area contributed by atoms with E-state index in [0.717, 1.165) is 19.0 Å². The van der Waals surface area contributed by atoms with Crippen molar-refractivity contribution in [1.29, 1.82) is 0 Å². The number of para-hydroxylation sites is 1. The lowest BCUT2D eigenvalue weighted by atomic mass is 9.88. The van der Waals surface area contributed by atoms with E-state index in [9.17, 15) is 0 Å². The number of rotatable bonds is 2. The summed E-state index contributed by atoms with van der Waals surface area (Å²) < 4.78 is 0. The second-order valence-electron chi connectivity index (χ2n) is 5.00. The van der Waals surface area contributed by atoms with Crippen molar-refractivity contribution >= 4 is 5.69 Å². The Balaban J connectivity index is 1.99. The molecule has 2 heterocycles. The molecule has 0 bridgehead atoms. The summed E-state index contributed by atoms with van der Waals surface area (Å²) in [6, 6.07) is 9.64. The number of nitrogens with zero attached hydrogens (tertiary/aromatic N) is 1. The molecule has 1 fully saturated rings. The molecular weight excluding hydrogens is 196 g/mol. The largest absolute Gasteiger partial charge is 0.368 e. The van der Waals surface area contributed by atoms with Crippen LogP contribution >= 0.6 is 0 Å². The van der Waals surface area contributed by atoms with Crippen LogP contribution in [0.4, 0.5) is 5.69 Å². The van der Waals surface area contributed by atoms with E-state index in [1.165, 1.54) is 31.5 Å². The summed E-state index contributed by atoms with van der Waals surface area (Å²) in [6.45, 7) is 2.05. The molecule has 0 radical (unpaired) electrons. The van der Waals surface area contributed by atoms with Gasteiger partial charge >= 0.3 is 0 Å². The van der Waals surface area contributed by atoms with Crippen LogP contribution in [-0.4, -0.2) is 19.1 Å². The summed E-state index contributed by atoms with van der Waals surface area (Å²) in [7, 11) is 0. The van der Waals surface area contributed by atoms with Gasteiger partial charge < -0.3 is 10.6 Å². The average Bonchev–Trinajstić information content (AvgIpc) is 2.66. The first kappa shape index (κ1) is 10.2. The van der Waals surface area contributed by atoms with Crippen molar-refractivity contribution in [3.05, 3.63) is 29.8 Å². The maximum absolute atomic E-state index is 5.77. The molecule has 0 aromatic heterocycles. The third-order valence-electron chi connectivity index (χ3n) is 4.14. The highest BCUT2D eigenvalue weighted by Gasteiger charge is 2.38. The SMILES string of the molecule is NCCC1c2ccccc2N2CCCCC12. The quantitative estimate of drug-likeness (QED) is 0.823. The number of hydrogen-bond acceptors (Lipinski definition) is 2. The maximum atomic E-state index is 5.77. The predicted molar refractivity (Wildman–Crippen MR) is 67.8 cm³/mol. The third kappa shape index (κ3) is 1.44. The van der Waals surface area contributed by atoms with Gasteiger partial charge in [0.15, 0.2) is 0 Å². The summed E-state index contributed by atoms with van der Waals surface area (Å²) in [5.74, 6) is 0.682. The van der Waals surface area contributed by atoms with Crippen LogP contribution in [0, 0.1) is 0 Å². The van der Waals surface area contributed by atoms with Crippen LogP contribution in [0.1, 0.15) is 37.2 Å². The molecule has 0 saturated carbocycles. The normalized spacial score (nSPS) is 27.7. The summed E-state index contributed by atoms with van der Waals surface area (Å²) >= 11 is 0. The lowest BCUT2D eigenvalue weighted by Crippen LogP contribution is -2.38. The Labute approximate surface area is 97.4 Å². The first-order valence-electron chi connectivity index (χ1n) is 6.47. The summed E-state index contributed by atoms with van der Waals surface area (Å²) in [6.07, 6.45) is 5.22. The molecule has 2 N–H and O–H groups in total. The summed E-state index contributed by atoms with van der Waals surface area (Å²) in [5.41, 5.74) is 8.79. The fraction of sp³-hybridized carbons (Fsp3) is 0.571. The van der Waals surface area contributed by atoms with Crippen LogP contribution in [0.25, 0.3) is 0 Å². The van der Waals surface area contributed by atoms with Gasteiger partial charge in [-0.3, -0.25) is 0 Å². The molecule has 2 unspecified atom stereocenters. The fourth-order valence-corrected chi connectivity index (χ4v) is 3.47. The minimum Gasteiger partial charge on any atom is -0.368 e. The zero-order valence-corrected chi connectivity index (χ0v) is 9.73. The maximum Gasteiger partial charge on any atom is 0.0405 e. The Morgan fingerprint density at radius 1 is 1.25 bits per heavy atom. The third-order valence-corrected chi connectivity index (χ3v) is 4.14. The van der Waals surface area contributed by atoms with Crippen molar-refractivity contribution in [3.63, 3.8) is 0 Å². The highest BCUT2D eigenvalue weighted by Crippen LogP contribution is 2.45. The second kappa shape index (κ2) is 4.10. The van der Waals surface area contributed by atoms with Crippen LogP contribution in [-0.2, 0) is 0 Å². The minimum absolute atomic E-state index is 0.682. The summed E-state index contributed by atoms with van der Waals surface area (Å²) in [4.78, 5) is 2.62. The van der Waals surface area contributed by atoms with Gasteiger partial charge in [-0.1, -0.05) is 18.2 Å². The van der Waals surface area contributed by atoms with Gasteiger partial charge in [0.25, 0.3) is 0 Å². The van der Waals surface area contributed by atoms with Crippen LogP contribution < -0.4 is 10.6 Å². The van der Waals surface area contributed by atoms with E-state index in [0.29, 0.717) is 5.92 Å². The van der Waals surface area contributed by atoms with Crippen LogP contribution in [0.5, 0.6) is 0 Å². The summed E-state index contributed by atoms with van der Waals surface area (Å²) in [5, 5.41) is 0. The molecule has 1 aromatic carbocycles. The van der Waals surface area contributed by atoms with Crippen LogP contribution in [0.15, 0.2) is 24.3 Å². The number of anilines is 1. The predicted octanol–water partition coefficient (Wildman–Crippen LogP) is 2.49. The van der Waals surface area contributed by atoms with Gasteiger partial charge in [-0.05, 0) is 43.9 Å². The monoisotopic (exact) mass is 216 g/mol. The van der Waals surface area contributed by atoms with E-state index in [-0.39, 0.29) is 0 Å². The van der Waals surface area contributed by atoms with E-state index in [2.05, 4.69) is 29.2 Å². The van der Waals surface area contributed by atoms with Crippen molar-refractivity contribution in [2.75, 3.05) is 18.0 Å². The number of piperidine rings is 1. The molecule has 0 amide bonds. The molecule has 2 atom stereocenters. The number of fused-ring (bicyclic) bond motifs is 3. The minimum atomic E-state index is 0.682. The number of hydrogen-bond donors (Lipinski definition) is 1. The topological polar surface area (TPSA) is 29.3 Å². The molecular formula is C14H20N2. The van der Waals surface area contributed by atoms with E-state index < -0.39 is 0 Å². The Hall–Kier alpha value is -1.02. The van der Waals surface area contributed by atoms with E-state index >= 15 is 0 Å². The van der Waals surface area contributed by atoms with Gasteiger partial charge in [0.2, 0.25) is 0 Å². The molecule has 16 heavy (non-hydrogen) atoms. The molecule has 2 aliphatic rings. The fourth-order valence-electron chi connectivity index (χ4n) is 3.47. The van der Waals surface area contributed by atoms with Gasteiger partial charge in [0, 0.05) is 24.2 Å². The molecule has 0 aliphatic carbocycles. The van der Waals surface area contributed by atoms with Crippen molar-refractivity contribution in [2.24, 2.45) is 5.73 Å². The molecule has 3 rings (SSSR count). The Bertz CT molecular complexity index is 375. The number of nitrogens with two attached hydrogens (primary N) is 1. The highest BCUT2D eigenvalue weighted by molar-refractivity contribution is 5.62. The molecule has 1 saturated heterocycles. The first-order chi connectivity index (χ1) is 7.92. The van der Waals surface area contributed by atoms with Crippen molar-refractivity contribution in [3.8, 4) is 0 Å². The first-order valence-corrected chi connectivity index (χ1v) is 6.47. The standard InChI is InChI=1S/C14H20N2/c15-9-8-12-11-5-1-2-6-13(11)16-10-4-3-7-14(12)16/h1-2,5-6,12,14H,3-4,7-10,15H2. The highest BCUT2D eigenvalue weighted by atomic mass is 15.2. The van der Waals surface area contributed by atoms with Crippen molar-refractivity contribution in [2.45, 2.75) is 37.6 Å². The van der Waals surface area contributed by atoms with Gasteiger partial charge in [-0.2, -0.15) is 0 Å².